The second-order valence-corrected chi connectivity index (χ2v) is 6.89. The maximum absolute atomic E-state index is 12.4. The Kier molecular flexibility index (Phi) is 6.80. The van der Waals surface area contributed by atoms with Crippen molar-refractivity contribution in [1.82, 2.24) is 9.88 Å². The first-order valence-corrected chi connectivity index (χ1v) is 9.70. The van der Waals surface area contributed by atoms with Crippen molar-refractivity contribution in [3.8, 4) is 11.8 Å². The van der Waals surface area contributed by atoms with Crippen LogP contribution in [0.3, 0.4) is 0 Å². The first kappa shape index (κ1) is 20.3. The third kappa shape index (κ3) is 5.32. The van der Waals surface area contributed by atoms with E-state index in [4.69, 9.17) is 4.74 Å². The van der Waals surface area contributed by atoms with Crippen molar-refractivity contribution in [1.29, 1.82) is 5.26 Å². The fourth-order valence-electron chi connectivity index (χ4n) is 3.26. The van der Waals surface area contributed by atoms with Crippen LogP contribution in [0.25, 0.3) is 0 Å². The highest BCUT2D eigenvalue weighted by molar-refractivity contribution is 5.94. The number of hydrogen-bond acceptors (Lipinski definition) is 6. The predicted octanol–water partition coefficient (Wildman–Crippen LogP) is 2.66. The molecule has 1 aliphatic rings. The van der Waals surface area contributed by atoms with Crippen LogP contribution in [0.15, 0.2) is 42.6 Å². The molecule has 1 aliphatic heterocycles. The number of carbonyl (C=O) groups is 2. The molecule has 0 radical (unpaired) electrons. The summed E-state index contributed by atoms with van der Waals surface area (Å²) in [4.78, 5) is 31.9. The third-order valence-electron chi connectivity index (χ3n) is 4.90. The summed E-state index contributed by atoms with van der Waals surface area (Å²) in [6, 6.07) is 12.7. The lowest BCUT2D eigenvalue weighted by atomic mass is 10.1. The highest BCUT2D eigenvalue weighted by atomic mass is 16.5. The van der Waals surface area contributed by atoms with Crippen LogP contribution in [-0.4, -0.2) is 54.4 Å². The number of hydrogen-bond donors (Lipinski definition) is 0. The number of ketones is 1. The third-order valence-corrected chi connectivity index (χ3v) is 4.90. The van der Waals surface area contributed by atoms with Gasteiger partial charge in [-0.05, 0) is 49.7 Å². The highest BCUT2D eigenvalue weighted by Gasteiger charge is 2.23. The molecule has 2 aromatic rings. The van der Waals surface area contributed by atoms with E-state index in [1.165, 1.54) is 6.92 Å². The molecule has 0 unspecified atom stereocenters. The standard InChI is InChI=1S/C22H24N4O3/c1-17(27)18-6-8-20(9-7-18)29-15-3-5-21(28)25-11-13-26(14-12-25)22-19(16-23)4-2-10-24-22/h2,4,6-10H,3,5,11-15H2,1H3. The number of anilines is 1. The minimum Gasteiger partial charge on any atom is -0.494 e. The molecule has 29 heavy (non-hydrogen) atoms. The molecule has 1 saturated heterocycles. The van der Waals surface area contributed by atoms with Gasteiger partial charge < -0.3 is 14.5 Å². The maximum atomic E-state index is 12.4. The Hall–Kier alpha value is -3.40. The lowest BCUT2D eigenvalue weighted by molar-refractivity contribution is -0.131. The van der Waals surface area contributed by atoms with Crippen molar-refractivity contribution < 1.29 is 14.3 Å². The van der Waals surface area contributed by atoms with Gasteiger partial charge in [0.25, 0.3) is 0 Å². The van der Waals surface area contributed by atoms with Gasteiger partial charge in [0.05, 0.1) is 12.2 Å². The zero-order chi connectivity index (χ0) is 20.6. The number of nitriles is 1. The Labute approximate surface area is 170 Å². The van der Waals surface area contributed by atoms with E-state index in [1.54, 1.807) is 42.6 Å². The van der Waals surface area contributed by atoms with Crippen LogP contribution in [0.1, 0.15) is 35.7 Å². The summed E-state index contributed by atoms with van der Waals surface area (Å²) in [5.41, 5.74) is 1.21. The van der Waals surface area contributed by atoms with Crippen molar-refractivity contribution in [2.45, 2.75) is 19.8 Å². The van der Waals surface area contributed by atoms with E-state index >= 15 is 0 Å². The van der Waals surface area contributed by atoms with Gasteiger partial charge in [0.1, 0.15) is 17.6 Å². The second-order valence-electron chi connectivity index (χ2n) is 6.89. The molecule has 0 atom stereocenters. The van der Waals surface area contributed by atoms with Crippen molar-refractivity contribution in [3.63, 3.8) is 0 Å². The van der Waals surface area contributed by atoms with Crippen LogP contribution in [0.4, 0.5) is 5.82 Å². The fraction of sp³-hybridized carbons (Fsp3) is 0.364. The SMILES string of the molecule is CC(=O)c1ccc(OCCCC(=O)N2CCN(c3ncccc3C#N)CC2)cc1. The summed E-state index contributed by atoms with van der Waals surface area (Å²) >= 11 is 0. The topological polar surface area (TPSA) is 86.5 Å². The van der Waals surface area contributed by atoms with Crippen LogP contribution in [0.5, 0.6) is 5.75 Å². The van der Waals surface area contributed by atoms with Gasteiger partial charge in [-0.25, -0.2) is 4.98 Å². The molecule has 7 nitrogen and oxygen atoms in total. The molecule has 2 heterocycles. The van der Waals surface area contributed by atoms with Crippen LogP contribution in [0, 0.1) is 11.3 Å². The van der Waals surface area contributed by atoms with Gasteiger partial charge >= 0.3 is 0 Å². The van der Waals surface area contributed by atoms with Gasteiger partial charge in [-0.3, -0.25) is 9.59 Å². The van der Waals surface area contributed by atoms with E-state index in [0.29, 0.717) is 68.3 Å². The number of aromatic nitrogens is 1. The molecule has 0 bridgehead atoms. The van der Waals surface area contributed by atoms with Crippen molar-refractivity contribution >= 4 is 17.5 Å². The van der Waals surface area contributed by atoms with Gasteiger partial charge in [-0.1, -0.05) is 0 Å². The number of piperazine rings is 1. The number of Topliss-reactive ketones (excluding diaryl/α,β-unsaturated/α-hetero) is 1. The average Bonchev–Trinajstić information content (AvgIpc) is 2.77. The first-order chi connectivity index (χ1) is 14.1. The second kappa shape index (κ2) is 9.69. The summed E-state index contributed by atoms with van der Waals surface area (Å²) in [6.45, 7) is 4.54. The summed E-state index contributed by atoms with van der Waals surface area (Å²) in [5, 5.41) is 9.22. The number of benzene rings is 1. The van der Waals surface area contributed by atoms with Crippen LogP contribution in [0.2, 0.25) is 0 Å². The summed E-state index contributed by atoms with van der Waals surface area (Å²) in [7, 11) is 0. The van der Waals surface area contributed by atoms with Gasteiger partial charge in [0, 0.05) is 44.4 Å². The Morgan fingerprint density at radius 2 is 1.86 bits per heavy atom. The Bertz CT molecular complexity index is 897. The number of pyridine rings is 1. The number of carbonyl (C=O) groups excluding carboxylic acids is 2. The summed E-state index contributed by atoms with van der Waals surface area (Å²) in [5.74, 6) is 1.52. The molecule has 3 rings (SSSR count). The zero-order valence-corrected chi connectivity index (χ0v) is 16.5. The monoisotopic (exact) mass is 392 g/mol. The summed E-state index contributed by atoms with van der Waals surface area (Å²) in [6.07, 6.45) is 2.74. The average molecular weight is 392 g/mol. The van der Waals surface area contributed by atoms with E-state index in [0.717, 1.165) is 0 Å². The summed E-state index contributed by atoms with van der Waals surface area (Å²) < 4.78 is 5.65. The van der Waals surface area contributed by atoms with E-state index in [9.17, 15) is 14.9 Å². The van der Waals surface area contributed by atoms with E-state index in [2.05, 4.69) is 16.0 Å². The van der Waals surface area contributed by atoms with Crippen molar-refractivity contribution in [2.75, 3.05) is 37.7 Å². The van der Waals surface area contributed by atoms with Crippen LogP contribution >= 0.6 is 0 Å². The van der Waals surface area contributed by atoms with Crippen molar-refractivity contribution in [3.05, 3.63) is 53.7 Å². The highest BCUT2D eigenvalue weighted by Crippen LogP contribution is 2.18. The maximum Gasteiger partial charge on any atom is 0.222 e. The lowest BCUT2D eigenvalue weighted by Crippen LogP contribution is -2.49. The molecule has 1 aromatic carbocycles. The van der Waals surface area contributed by atoms with Crippen LogP contribution < -0.4 is 9.64 Å². The Morgan fingerprint density at radius 1 is 1.14 bits per heavy atom. The normalized spacial score (nSPS) is 13.7. The van der Waals surface area contributed by atoms with Gasteiger partial charge in [0.2, 0.25) is 5.91 Å². The minimum atomic E-state index is 0.0223. The molecule has 150 valence electrons. The van der Waals surface area contributed by atoms with E-state index < -0.39 is 0 Å². The zero-order valence-electron chi connectivity index (χ0n) is 16.5. The van der Waals surface area contributed by atoms with E-state index in [1.807, 2.05) is 4.90 Å². The quantitative estimate of drug-likeness (QED) is 0.532. The number of rotatable bonds is 7. The Morgan fingerprint density at radius 3 is 2.52 bits per heavy atom. The molecular weight excluding hydrogens is 368 g/mol. The molecule has 1 amide bonds. The molecule has 0 N–H and O–H groups in total. The number of ether oxygens (including phenoxy) is 1. The molecule has 0 saturated carbocycles. The molecule has 0 spiro atoms. The fourth-order valence-corrected chi connectivity index (χ4v) is 3.26. The molecule has 1 aromatic heterocycles. The van der Waals surface area contributed by atoms with E-state index in [-0.39, 0.29) is 11.7 Å². The molecule has 1 fully saturated rings. The lowest BCUT2D eigenvalue weighted by Gasteiger charge is -2.35. The smallest absolute Gasteiger partial charge is 0.222 e. The number of amides is 1. The first-order valence-electron chi connectivity index (χ1n) is 9.70. The number of nitrogens with zero attached hydrogens (tertiary/aromatic N) is 4. The van der Waals surface area contributed by atoms with Gasteiger partial charge in [0.15, 0.2) is 5.78 Å². The minimum absolute atomic E-state index is 0.0223. The van der Waals surface area contributed by atoms with Crippen molar-refractivity contribution in [2.24, 2.45) is 0 Å². The van der Waals surface area contributed by atoms with Gasteiger partial charge in [-0.15, -0.1) is 0 Å². The predicted molar refractivity (Wildman–Crippen MR) is 109 cm³/mol. The largest absolute Gasteiger partial charge is 0.494 e. The van der Waals surface area contributed by atoms with Crippen LogP contribution in [-0.2, 0) is 4.79 Å². The molecule has 0 aliphatic carbocycles. The van der Waals surface area contributed by atoms with Gasteiger partial charge in [-0.2, -0.15) is 5.26 Å². The Balaban J connectivity index is 1.40. The molecule has 7 heteroatoms. The molecular formula is C22H24N4O3.